The predicted octanol–water partition coefficient (Wildman–Crippen LogP) is 2.70. The van der Waals surface area contributed by atoms with Crippen molar-refractivity contribution in [2.24, 2.45) is 24.6 Å². The van der Waals surface area contributed by atoms with E-state index in [4.69, 9.17) is 15.8 Å². The van der Waals surface area contributed by atoms with Crippen LogP contribution in [0.3, 0.4) is 0 Å². The Bertz CT molecular complexity index is 487. The fourth-order valence-electron chi connectivity index (χ4n) is 4.96. The van der Waals surface area contributed by atoms with Gasteiger partial charge in [-0.1, -0.05) is 19.3 Å². The van der Waals surface area contributed by atoms with Crippen LogP contribution >= 0.6 is 0 Å². The summed E-state index contributed by atoms with van der Waals surface area (Å²) in [5.41, 5.74) is 6.47. The molecule has 0 aliphatic heterocycles. The third-order valence-corrected chi connectivity index (χ3v) is 6.06. The summed E-state index contributed by atoms with van der Waals surface area (Å²) in [6, 6.07) is 0.316. The zero-order valence-electron chi connectivity index (χ0n) is 12.5. The third-order valence-electron chi connectivity index (χ3n) is 6.06. The van der Waals surface area contributed by atoms with Gasteiger partial charge in [0.1, 0.15) is 5.82 Å². The number of rotatable bonds is 2. The molecule has 4 heteroatoms. The monoisotopic (exact) mass is 274 g/mol. The molecule has 1 aromatic rings. The number of nitrogens with zero attached hydrogens (tertiary/aromatic N) is 3. The van der Waals surface area contributed by atoms with Crippen LogP contribution in [0.15, 0.2) is 0 Å². The molecule has 4 nitrogen and oxygen atoms in total. The minimum atomic E-state index is 0.316. The topological polar surface area (TPSA) is 56.7 Å². The van der Waals surface area contributed by atoms with Crippen molar-refractivity contribution < 1.29 is 0 Å². The Balaban J connectivity index is 1.61. The molecule has 20 heavy (non-hydrogen) atoms. The van der Waals surface area contributed by atoms with Gasteiger partial charge in [-0.3, -0.25) is 4.68 Å². The quantitative estimate of drug-likeness (QED) is 0.902. The standard InChI is InChI=1S/C16H26N4/c1-20-16(13-11-7-8-12(9-11)14(13)17)18-15(19-20)10-5-3-2-4-6-10/h10-14H,2-9,17H2,1H3. The van der Waals surface area contributed by atoms with Gasteiger partial charge in [-0.25, -0.2) is 4.98 Å². The number of fused-ring (bicyclic) bond motifs is 2. The van der Waals surface area contributed by atoms with E-state index in [9.17, 15) is 0 Å². The summed E-state index contributed by atoms with van der Waals surface area (Å²) < 4.78 is 2.04. The second-order valence-corrected chi connectivity index (χ2v) is 7.22. The van der Waals surface area contributed by atoms with E-state index in [-0.39, 0.29) is 0 Å². The first-order valence-electron chi connectivity index (χ1n) is 8.40. The molecule has 1 aromatic heterocycles. The van der Waals surface area contributed by atoms with Gasteiger partial charge < -0.3 is 5.73 Å². The average molecular weight is 274 g/mol. The van der Waals surface area contributed by atoms with Crippen molar-refractivity contribution >= 4 is 0 Å². The molecule has 0 amide bonds. The molecule has 0 spiro atoms. The molecule has 0 radical (unpaired) electrons. The van der Waals surface area contributed by atoms with E-state index in [1.54, 1.807) is 0 Å². The summed E-state index contributed by atoms with van der Waals surface area (Å²) in [5.74, 6) is 4.82. The zero-order chi connectivity index (χ0) is 13.7. The van der Waals surface area contributed by atoms with E-state index in [0.29, 0.717) is 17.9 Å². The maximum Gasteiger partial charge on any atom is 0.154 e. The van der Waals surface area contributed by atoms with E-state index in [1.165, 1.54) is 57.2 Å². The van der Waals surface area contributed by atoms with E-state index < -0.39 is 0 Å². The number of hydrogen-bond acceptors (Lipinski definition) is 3. The van der Waals surface area contributed by atoms with E-state index in [2.05, 4.69) is 7.05 Å². The first-order chi connectivity index (χ1) is 9.74. The van der Waals surface area contributed by atoms with E-state index in [0.717, 1.165) is 17.7 Å². The summed E-state index contributed by atoms with van der Waals surface area (Å²) in [4.78, 5) is 4.96. The molecule has 110 valence electrons. The number of aromatic nitrogens is 3. The van der Waals surface area contributed by atoms with E-state index >= 15 is 0 Å². The van der Waals surface area contributed by atoms with Crippen molar-refractivity contribution in [2.75, 3.05) is 0 Å². The number of aryl methyl sites for hydroxylation is 1. The van der Waals surface area contributed by atoms with Crippen LogP contribution in [0.2, 0.25) is 0 Å². The van der Waals surface area contributed by atoms with Crippen molar-refractivity contribution in [3.63, 3.8) is 0 Å². The normalized spacial score (nSPS) is 37.7. The van der Waals surface area contributed by atoms with Gasteiger partial charge in [0.25, 0.3) is 0 Å². The maximum absolute atomic E-state index is 6.47. The highest BCUT2D eigenvalue weighted by Crippen LogP contribution is 2.51. The number of nitrogens with two attached hydrogens (primary N) is 1. The summed E-state index contributed by atoms with van der Waals surface area (Å²) >= 11 is 0. The lowest BCUT2D eigenvalue weighted by molar-refractivity contribution is 0.346. The molecule has 4 atom stereocenters. The van der Waals surface area contributed by atoms with Gasteiger partial charge in [-0.2, -0.15) is 5.10 Å². The Hall–Kier alpha value is -0.900. The highest BCUT2D eigenvalue weighted by atomic mass is 15.3. The van der Waals surface area contributed by atoms with Gasteiger partial charge in [0, 0.05) is 24.9 Å². The summed E-state index contributed by atoms with van der Waals surface area (Å²) in [6.07, 6.45) is 10.6. The Morgan fingerprint density at radius 2 is 1.80 bits per heavy atom. The Morgan fingerprint density at radius 1 is 1.05 bits per heavy atom. The lowest BCUT2D eigenvalue weighted by Crippen LogP contribution is -2.35. The van der Waals surface area contributed by atoms with Crippen LogP contribution in [0.4, 0.5) is 0 Å². The van der Waals surface area contributed by atoms with Gasteiger partial charge in [-0.05, 0) is 43.9 Å². The van der Waals surface area contributed by atoms with Crippen LogP contribution < -0.4 is 5.73 Å². The smallest absolute Gasteiger partial charge is 0.154 e. The molecule has 3 saturated carbocycles. The van der Waals surface area contributed by atoms with Crippen molar-refractivity contribution in [1.29, 1.82) is 0 Å². The molecule has 3 aliphatic carbocycles. The lowest BCUT2D eigenvalue weighted by Gasteiger charge is -2.27. The Labute approximate surface area is 121 Å². The fourth-order valence-corrected chi connectivity index (χ4v) is 4.96. The van der Waals surface area contributed by atoms with Crippen LogP contribution in [-0.4, -0.2) is 20.8 Å². The summed E-state index contributed by atoms with van der Waals surface area (Å²) in [7, 11) is 2.06. The van der Waals surface area contributed by atoms with E-state index in [1.807, 2.05) is 4.68 Å². The fraction of sp³-hybridized carbons (Fsp3) is 0.875. The van der Waals surface area contributed by atoms with Gasteiger partial charge in [-0.15, -0.1) is 0 Å². The predicted molar refractivity (Wildman–Crippen MR) is 78.4 cm³/mol. The first kappa shape index (κ1) is 12.8. The molecule has 3 aliphatic rings. The third kappa shape index (κ3) is 1.92. The second kappa shape index (κ2) is 4.83. The molecule has 0 aromatic carbocycles. The van der Waals surface area contributed by atoms with Crippen LogP contribution in [0.5, 0.6) is 0 Å². The maximum atomic E-state index is 6.47. The molecule has 4 rings (SSSR count). The van der Waals surface area contributed by atoms with Gasteiger partial charge in [0.2, 0.25) is 0 Å². The van der Waals surface area contributed by atoms with Crippen LogP contribution in [0.25, 0.3) is 0 Å². The molecular weight excluding hydrogens is 248 g/mol. The Morgan fingerprint density at radius 3 is 2.50 bits per heavy atom. The molecular formula is C16H26N4. The minimum absolute atomic E-state index is 0.316. The lowest BCUT2D eigenvalue weighted by atomic mass is 9.84. The summed E-state index contributed by atoms with van der Waals surface area (Å²) in [6.45, 7) is 0. The van der Waals surface area contributed by atoms with Crippen molar-refractivity contribution in [2.45, 2.75) is 69.2 Å². The van der Waals surface area contributed by atoms with Gasteiger partial charge in [0.05, 0.1) is 0 Å². The van der Waals surface area contributed by atoms with Crippen molar-refractivity contribution in [3.05, 3.63) is 11.6 Å². The van der Waals surface area contributed by atoms with Crippen LogP contribution in [-0.2, 0) is 7.05 Å². The SMILES string of the molecule is Cn1nc(C2CCCCC2)nc1C1C2CCC(C2)C1N. The molecule has 1 heterocycles. The molecule has 3 fully saturated rings. The zero-order valence-corrected chi connectivity index (χ0v) is 12.5. The molecule has 2 N–H and O–H groups in total. The first-order valence-corrected chi connectivity index (χ1v) is 8.40. The number of hydrogen-bond donors (Lipinski definition) is 1. The molecule has 4 unspecified atom stereocenters. The highest BCUT2D eigenvalue weighted by Gasteiger charge is 2.48. The van der Waals surface area contributed by atoms with Crippen LogP contribution in [0, 0.1) is 11.8 Å². The second-order valence-electron chi connectivity index (χ2n) is 7.22. The molecule has 2 bridgehead atoms. The summed E-state index contributed by atoms with van der Waals surface area (Å²) in [5, 5.41) is 4.75. The Kier molecular flexibility index (Phi) is 3.09. The minimum Gasteiger partial charge on any atom is -0.327 e. The highest BCUT2D eigenvalue weighted by molar-refractivity contribution is 5.15. The van der Waals surface area contributed by atoms with Gasteiger partial charge >= 0.3 is 0 Å². The van der Waals surface area contributed by atoms with Crippen LogP contribution in [0.1, 0.15) is 74.9 Å². The van der Waals surface area contributed by atoms with Crippen molar-refractivity contribution in [3.8, 4) is 0 Å². The van der Waals surface area contributed by atoms with Gasteiger partial charge in [0.15, 0.2) is 5.82 Å². The molecule has 0 saturated heterocycles. The average Bonchev–Trinajstić information content (AvgIpc) is 3.15. The van der Waals surface area contributed by atoms with Crippen molar-refractivity contribution in [1.82, 2.24) is 14.8 Å². The largest absolute Gasteiger partial charge is 0.327 e.